The normalized spacial score (nSPS) is 12.3. The SMILES string of the molecule is CCC(CO)Nc1c(F)cc([N+](=O)[O-])c2cccnc12. The first kappa shape index (κ1) is 14.1. The van der Waals surface area contributed by atoms with Crippen molar-refractivity contribution < 1.29 is 14.4 Å². The zero-order valence-electron chi connectivity index (χ0n) is 10.8. The van der Waals surface area contributed by atoms with E-state index in [0.29, 0.717) is 6.42 Å². The van der Waals surface area contributed by atoms with Crippen LogP contribution < -0.4 is 5.32 Å². The maximum absolute atomic E-state index is 14.1. The van der Waals surface area contributed by atoms with Gasteiger partial charge < -0.3 is 10.4 Å². The molecule has 2 aromatic rings. The predicted molar refractivity (Wildman–Crippen MR) is 73.1 cm³/mol. The van der Waals surface area contributed by atoms with Crippen LogP contribution in [0, 0.1) is 15.9 Å². The second-order valence-corrected chi connectivity index (χ2v) is 4.34. The second-order valence-electron chi connectivity index (χ2n) is 4.34. The molecule has 1 aromatic carbocycles. The summed E-state index contributed by atoms with van der Waals surface area (Å²) in [6, 6.07) is 3.61. The van der Waals surface area contributed by atoms with Gasteiger partial charge in [0.05, 0.1) is 28.7 Å². The Labute approximate surface area is 114 Å². The van der Waals surface area contributed by atoms with E-state index in [2.05, 4.69) is 10.3 Å². The Bertz CT molecular complexity index is 644. The lowest BCUT2D eigenvalue weighted by Gasteiger charge is -2.17. The number of aromatic nitrogens is 1. The summed E-state index contributed by atoms with van der Waals surface area (Å²) in [5, 5.41) is 23.2. The molecule has 2 rings (SSSR count). The first-order valence-electron chi connectivity index (χ1n) is 6.17. The summed E-state index contributed by atoms with van der Waals surface area (Å²) >= 11 is 0. The number of nitrogens with zero attached hydrogens (tertiary/aromatic N) is 2. The van der Waals surface area contributed by atoms with E-state index in [4.69, 9.17) is 0 Å². The molecule has 0 aliphatic rings. The quantitative estimate of drug-likeness (QED) is 0.648. The maximum Gasteiger partial charge on any atom is 0.281 e. The third-order valence-electron chi connectivity index (χ3n) is 3.08. The summed E-state index contributed by atoms with van der Waals surface area (Å²) in [7, 11) is 0. The van der Waals surface area contributed by atoms with Crippen LogP contribution in [0.25, 0.3) is 10.9 Å². The third kappa shape index (κ3) is 2.53. The van der Waals surface area contributed by atoms with Gasteiger partial charge in [0, 0.05) is 12.2 Å². The van der Waals surface area contributed by atoms with Crippen molar-refractivity contribution in [1.29, 1.82) is 0 Å². The van der Waals surface area contributed by atoms with Gasteiger partial charge in [-0.3, -0.25) is 15.1 Å². The lowest BCUT2D eigenvalue weighted by Crippen LogP contribution is -2.23. The van der Waals surface area contributed by atoms with Crippen molar-refractivity contribution in [3.63, 3.8) is 0 Å². The van der Waals surface area contributed by atoms with E-state index in [1.807, 2.05) is 6.92 Å². The highest BCUT2D eigenvalue weighted by Gasteiger charge is 2.21. The molecule has 0 aliphatic heterocycles. The molecule has 1 heterocycles. The molecular weight excluding hydrogens is 265 g/mol. The summed E-state index contributed by atoms with van der Waals surface area (Å²) < 4.78 is 14.1. The van der Waals surface area contributed by atoms with Crippen molar-refractivity contribution in [3.05, 3.63) is 40.3 Å². The fraction of sp³-hybridized carbons (Fsp3) is 0.308. The number of nitro benzene ring substituents is 1. The number of halogens is 1. The minimum absolute atomic E-state index is 0.0760. The number of nitro groups is 1. The summed E-state index contributed by atoms with van der Waals surface area (Å²) in [4.78, 5) is 14.3. The number of nitrogens with one attached hydrogen (secondary N) is 1. The molecule has 1 aromatic heterocycles. The Balaban J connectivity index is 2.63. The molecule has 0 saturated carbocycles. The number of aliphatic hydroxyl groups is 1. The zero-order chi connectivity index (χ0) is 14.7. The minimum atomic E-state index is -0.755. The van der Waals surface area contributed by atoms with E-state index < -0.39 is 10.7 Å². The lowest BCUT2D eigenvalue weighted by molar-refractivity contribution is -0.383. The van der Waals surface area contributed by atoms with E-state index in [9.17, 15) is 19.6 Å². The van der Waals surface area contributed by atoms with E-state index >= 15 is 0 Å². The van der Waals surface area contributed by atoms with Gasteiger partial charge >= 0.3 is 0 Å². The van der Waals surface area contributed by atoms with Crippen LogP contribution in [-0.4, -0.2) is 27.7 Å². The molecule has 0 saturated heterocycles. The van der Waals surface area contributed by atoms with Gasteiger partial charge in [0.15, 0.2) is 5.82 Å². The van der Waals surface area contributed by atoms with E-state index in [1.54, 1.807) is 6.07 Å². The highest BCUT2D eigenvalue weighted by molar-refractivity contribution is 5.97. The number of pyridine rings is 1. The van der Waals surface area contributed by atoms with Gasteiger partial charge in [0.2, 0.25) is 0 Å². The van der Waals surface area contributed by atoms with Crippen molar-refractivity contribution in [3.8, 4) is 0 Å². The van der Waals surface area contributed by atoms with Crippen LogP contribution in [-0.2, 0) is 0 Å². The molecule has 106 valence electrons. The van der Waals surface area contributed by atoms with Gasteiger partial charge in [0.25, 0.3) is 5.69 Å². The molecule has 0 aliphatic carbocycles. The molecule has 0 amide bonds. The van der Waals surface area contributed by atoms with Crippen molar-refractivity contribution in [2.45, 2.75) is 19.4 Å². The average molecular weight is 279 g/mol. The van der Waals surface area contributed by atoms with E-state index in [0.717, 1.165) is 6.07 Å². The number of fused-ring (bicyclic) bond motifs is 1. The van der Waals surface area contributed by atoms with Crippen molar-refractivity contribution >= 4 is 22.3 Å². The summed E-state index contributed by atoms with van der Waals surface area (Å²) in [5.41, 5.74) is -0.0635. The molecule has 20 heavy (non-hydrogen) atoms. The van der Waals surface area contributed by atoms with Crippen LogP contribution >= 0.6 is 0 Å². The van der Waals surface area contributed by atoms with Crippen LogP contribution in [0.5, 0.6) is 0 Å². The number of rotatable bonds is 5. The molecule has 7 heteroatoms. The maximum atomic E-state index is 14.1. The van der Waals surface area contributed by atoms with Crippen molar-refractivity contribution in [2.24, 2.45) is 0 Å². The smallest absolute Gasteiger partial charge is 0.281 e. The first-order chi connectivity index (χ1) is 9.58. The first-order valence-corrected chi connectivity index (χ1v) is 6.17. The zero-order valence-corrected chi connectivity index (χ0v) is 10.8. The number of anilines is 1. The van der Waals surface area contributed by atoms with E-state index in [-0.39, 0.29) is 34.9 Å². The van der Waals surface area contributed by atoms with Gasteiger partial charge in [-0.05, 0) is 18.6 Å². The van der Waals surface area contributed by atoms with Crippen LogP contribution in [0.1, 0.15) is 13.3 Å². The highest BCUT2D eigenvalue weighted by Crippen LogP contribution is 2.33. The summed E-state index contributed by atoms with van der Waals surface area (Å²) in [5.74, 6) is -0.755. The molecule has 0 bridgehead atoms. The number of hydrogen-bond acceptors (Lipinski definition) is 5. The number of non-ortho nitro benzene ring substituents is 1. The molecule has 1 atom stereocenters. The van der Waals surface area contributed by atoms with Crippen molar-refractivity contribution in [2.75, 3.05) is 11.9 Å². The van der Waals surface area contributed by atoms with Crippen LogP contribution in [0.3, 0.4) is 0 Å². The standard InChI is InChI=1S/C13H14FN3O3/c1-2-8(7-18)16-13-10(14)6-11(17(19)20)9-4-3-5-15-12(9)13/h3-6,8,16,18H,2,7H2,1H3. The summed E-state index contributed by atoms with van der Waals surface area (Å²) in [6.45, 7) is 1.67. The van der Waals surface area contributed by atoms with Gasteiger partial charge in [-0.25, -0.2) is 4.39 Å². The molecular formula is C13H14FN3O3. The Kier molecular flexibility index (Phi) is 4.09. The average Bonchev–Trinajstić information content (AvgIpc) is 2.45. The lowest BCUT2D eigenvalue weighted by atomic mass is 10.1. The molecule has 0 radical (unpaired) electrons. The minimum Gasteiger partial charge on any atom is -0.394 e. The van der Waals surface area contributed by atoms with Crippen molar-refractivity contribution in [1.82, 2.24) is 4.98 Å². The van der Waals surface area contributed by atoms with Crippen LogP contribution in [0.15, 0.2) is 24.4 Å². The molecule has 2 N–H and O–H groups in total. The van der Waals surface area contributed by atoms with Gasteiger partial charge in [-0.2, -0.15) is 0 Å². The van der Waals surface area contributed by atoms with Gasteiger partial charge in [-0.1, -0.05) is 6.92 Å². The number of aliphatic hydroxyl groups excluding tert-OH is 1. The van der Waals surface area contributed by atoms with Crippen LogP contribution in [0.2, 0.25) is 0 Å². The third-order valence-corrected chi connectivity index (χ3v) is 3.08. The predicted octanol–water partition coefficient (Wildman–Crippen LogP) is 2.46. The Morgan fingerprint density at radius 1 is 1.60 bits per heavy atom. The number of benzene rings is 1. The Morgan fingerprint density at radius 2 is 2.35 bits per heavy atom. The van der Waals surface area contributed by atoms with Gasteiger partial charge in [-0.15, -0.1) is 0 Å². The monoisotopic (exact) mass is 279 g/mol. The molecule has 1 unspecified atom stereocenters. The fourth-order valence-electron chi connectivity index (χ4n) is 1.96. The Morgan fingerprint density at radius 3 is 2.95 bits per heavy atom. The highest BCUT2D eigenvalue weighted by atomic mass is 19.1. The number of hydrogen-bond donors (Lipinski definition) is 2. The molecule has 0 fully saturated rings. The van der Waals surface area contributed by atoms with E-state index in [1.165, 1.54) is 12.3 Å². The molecule has 6 nitrogen and oxygen atoms in total. The fourth-order valence-corrected chi connectivity index (χ4v) is 1.96. The van der Waals surface area contributed by atoms with Crippen LogP contribution in [0.4, 0.5) is 15.8 Å². The topological polar surface area (TPSA) is 88.3 Å². The summed E-state index contributed by atoms with van der Waals surface area (Å²) in [6.07, 6.45) is 2.03. The Hall–Kier alpha value is -2.28. The van der Waals surface area contributed by atoms with Gasteiger partial charge in [0.1, 0.15) is 5.52 Å². The largest absolute Gasteiger partial charge is 0.394 e. The molecule has 0 spiro atoms. The second kappa shape index (κ2) is 5.79.